The Morgan fingerprint density at radius 1 is 1.09 bits per heavy atom. The van der Waals surface area contributed by atoms with Crippen molar-refractivity contribution in [3.05, 3.63) is 68.2 Å². The Hall–Kier alpha value is -1.99. The van der Waals surface area contributed by atoms with Crippen LogP contribution in [0.2, 0.25) is 15.1 Å². The number of benzene rings is 2. The van der Waals surface area contributed by atoms with Gasteiger partial charge in [-0.1, -0.05) is 53.0 Å². The molecule has 0 unspecified atom stereocenters. The number of carbonyl (C=O) groups is 1. The molecule has 0 saturated carbocycles. The predicted molar refractivity (Wildman–Crippen MR) is 94.9 cm³/mol. The Balaban J connectivity index is 2.37. The zero-order chi connectivity index (χ0) is 17.0. The molecule has 0 fully saturated rings. The van der Waals surface area contributed by atoms with Crippen molar-refractivity contribution < 1.29 is 4.79 Å². The van der Waals surface area contributed by atoms with Gasteiger partial charge in [0.2, 0.25) is 0 Å². The van der Waals surface area contributed by atoms with Crippen molar-refractivity contribution in [1.29, 1.82) is 5.26 Å². The Labute approximate surface area is 149 Å². The lowest BCUT2D eigenvalue weighted by Gasteiger charge is -2.10. The van der Waals surface area contributed by atoms with Crippen molar-refractivity contribution in [2.45, 2.75) is 6.92 Å². The minimum atomic E-state index is -0.584. The summed E-state index contributed by atoms with van der Waals surface area (Å²) in [6.07, 6.45) is 1.35. The topological polar surface area (TPSA) is 52.9 Å². The van der Waals surface area contributed by atoms with E-state index >= 15 is 0 Å². The van der Waals surface area contributed by atoms with Crippen molar-refractivity contribution in [3.63, 3.8) is 0 Å². The van der Waals surface area contributed by atoms with Gasteiger partial charge in [-0.15, -0.1) is 0 Å². The lowest BCUT2D eigenvalue weighted by molar-refractivity contribution is -0.112. The second kappa shape index (κ2) is 7.52. The van der Waals surface area contributed by atoms with Gasteiger partial charge in [-0.2, -0.15) is 5.26 Å². The highest BCUT2D eigenvalue weighted by Gasteiger charge is 2.14. The van der Waals surface area contributed by atoms with Gasteiger partial charge in [0.25, 0.3) is 5.91 Å². The molecule has 0 radical (unpaired) electrons. The number of carbonyl (C=O) groups excluding carboxylic acids is 1. The molecule has 3 nitrogen and oxygen atoms in total. The number of halogens is 3. The first-order chi connectivity index (χ1) is 10.9. The van der Waals surface area contributed by atoms with Crippen molar-refractivity contribution in [2.75, 3.05) is 5.32 Å². The van der Waals surface area contributed by atoms with Gasteiger partial charge in [-0.05, 0) is 36.8 Å². The normalized spacial score (nSPS) is 11.0. The molecule has 0 bridgehead atoms. The van der Waals surface area contributed by atoms with E-state index in [4.69, 9.17) is 34.8 Å². The summed E-state index contributed by atoms with van der Waals surface area (Å²) in [5.74, 6) is -0.584. The summed E-state index contributed by atoms with van der Waals surface area (Å²) in [6.45, 7) is 1.81. The van der Waals surface area contributed by atoms with Gasteiger partial charge in [-0.25, -0.2) is 0 Å². The molecule has 116 valence electrons. The lowest BCUT2D eigenvalue weighted by atomic mass is 10.1. The van der Waals surface area contributed by atoms with Crippen LogP contribution in [0.3, 0.4) is 0 Å². The van der Waals surface area contributed by atoms with E-state index in [0.29, 0.717) is 26.3 Å². The number of amides is 1. The van der Waals surface area contributed by atoms with Crippen molar-refractivity contribution in [3.8, 4) is 6.07 Å². The zero-order valence-corrected chi connectivity index (χ0v) is 14.3. The second-order valence-electron chi connectivity index (χ2n) is 4.69. The Morgan fingerprint density at radius 3 is 2.22 bits per heavy atom. The molecule has 1 amide bonds. The van der Waals surface area contributed by atoms with E-state index in [-0.39, 0.29) is 5.57 Å². The molecule has 1 N–H and O–H groups in total. The van der Waals surface area contributed by atoms with E-state index in [1.54, 1.807) is 30.3 Å². The maximum atomic E-state index is 12.3. The SMILES string of the molecule is Cc1cccc(Cl)c1NC(=O)/C(C#N)=C/c1c(Cl)cccc1Cl. The fraction of sp³-hybridized carbons (Fsp3) is 0.0588. The maximum Gasteiger partial charge on any atom is 0.266 e. The van der Waals surface area contributed by atoms with Crippen LogP contribution < -0.4 is 5.32 Å². The minimum Gasteiger partial charge on any atom is -0.320 e. The van der Waals surface area contributed by atoms with Gasteiger partial charge in [0, 0.05) is 15.6 Å². The molecule has 0 spiro atoms. The third-order valence-electron chi connectivity index (χ3n) is 3.11. The number of rotatable bonds is 3. The van der Waals surface area contributed by atoms with Crippen LogP contribution >= 0.6 is 34.8 Å². The summed E-state index contributed by atoms with van der Waals surface area (Å²) in [6, 6.07) is 12.0. The Bertz CT molecular complexity index is 798. The van der Waals surface area contributed by atoms with E-state index in [1.165, 1.54) is 6.08 Å². The molecule has 0 heterocycles. The van der Waals surface area contributed by atoms with E-state index in [2.05, 4.69) is 5.32 Å². The van der Waals surface area contributed by atoms with Gasteiger partial charge >= 0.3 is 0 Å². The summed E-state index contributed by atoms with van der Waals surface area (Å²) in [5, 5.41) is 13.0. The molecule has 0 aliphatic carbocycles. The Morgan fingerprint density at radius 2 is 1.65 bits per heavy atom. The monoisotopic (exact) mass is 364 g/mol. The summed E-state index contributed by atoms with van der Waals surface area (Å²) < 4.78 is 0. The van der Waals surface area contributed by atoms with Gasteiger partial charge in [0.05, 0.1) is 10.7 Å². The fourth-order valence-electron chi connectivity index (χ4n) is 1.91. The maximum absolute atomic E-state index is 12.3. The third kappa shape index (κ3) is 4.05. The van der Waals surface area contributed by atoms with Crippen LogP contribution in [0.4, 0.5) is 5.69 Å². The van der Waals surface area contributed by atoms with Crippen LogP contribution in [0, 0.1) is 18.3 Å². The van der Waals surface area contributed by atoms with Crippen LogP contribution in [-0.2, 0) is 4.79 Å². The zero-order valence-electron chi connectivity index (χ0n) is 12.0. The average molecular weight is 366 g/mol. The van der Waals surface area contributed by atoms with Crippen LogP contribution in [-0.4, -0.2) is 5.91 Å². The Kier molecular flexibility index (Phi) is 5.68. The number of anilines is 1. The molecule has 0 atom stereocenters. The molecule has 23 heavy (non-hydrogen) atoms. The molecule has 2 aromatic rings. The van der Waals surface area contributed by atoms with E-state index in [1.807, 2.05) is 19.1 Å². The van der Waals surface area contributed by atoms with E-state index in [0.717, 1.165) is 5.56 Å². The minimum absolute atomic E-state index is 0.126. The third-order valence-corrected chi connectivity index (χ3v) is 4.09. The number of para-hydroxylation sites is 1. The summed E-state index contributed by atoms with van der Waals surface area (Å²) in [7, 11) is 0. The number of nitriles is 1. The predicted octanol–water partition coefficient (Wildman–Crippen LogP) is 5.50. The van der Waals surface area contributed by atoms with Gasteiger partial charge in [-0.3, -0.25) is 4.79 Å². The van der Waals surface area contributed by atoms with Crippen molar-refractivity contribution in [2.24, 2.45) is 0 Å². The lowest BCUT2D eigenvalue weighted by Crippen LogP contribution is -2.14. The molecule has 0 aliphatic rings. The van der Waals surface area contributed by atoms with E-state index in [9.17, 15) is 10.1 Å². The van der Waals surface area contributed by atoms with Crippen LogP contribution in [0.25, 0.3) is 6.08 Å². The molecule has 0 aromatic heterocycles. The highest BCUT2D eigenvalue weighted by molar-refractivity contribution is 6.37. The molecule has 0 saturated heterocycles. The van der Waals surface area contributed by atoms with Gasteiger partial charge in [0.1, 0.15) is 11.6 Å². The number of nitrogens with zero attached hydrogens (tertiary/aromatic N) is 1. The highest BCUT2D eigenvalue weighted by Crippen LogP contribution is 2.28. The largest absolute Gasteiger partial charge is 0.320 e. The van der Waals surface area contributed by atoms with Crippen LogP contribution in [0.5, 0.6) is 0 Å². The second-order valence-corrected chi connectivity index (χ2v) is 5.91. The molecule has 2 aromatic carbocycles. The standard InChI is InChI=1S/C17H11Cl3N2O/c1-10-4-2-7-15(20)16(10)22-17(23)11(9-21)8-12-13(18)5-3-6-14(12)19/h2-8H,1H3,(H,22,23)/b11-8+. The first kappa shape index (κ1) is 17.4. The molecule has 0 aliphatic heterocycles. The van der Waals surface area contributed by atoms with Gasteiger partial charge in [0.15, 0.2) is 0 Å². The number of hydrogen-bond acceptors (Lipinski definition) is 2. The molecular formula is C17H11Cl3N2O. The smallest absolute Gasteiger partial charge is 0.266 e. The van der Waals surface area contributed by atoms with Gasteiger partial charge < -0.3 is 5.32 Å². The highest BCUT2D eigenvalue weighted by atomic mass is 35.5. The summed E-state index contributed by atoms with van der Waals surface area (Å²) in [4.78, 5) is 12.3. The number of nitrogens with one attached hydrogen (secondary N) is 1. The van der Waals surface area contributed by atoms with E-state index < -0.39 is 5.91 Å². The quantitative estimate of drug-likeness (QED) is 0.576. The first-order valence-corrected chi connectivity index (χ1v) is 7.69. The number of hydrogen-bond donors (Lipinski definition) is 1. The fourth-order valence-corrected chi connectivity index (χ4v) is 2.69. The van der Waals surface area contributed by atoms with Crippen molar-refractivity contribution in [1.82, 2.24) is 0 Å². The summed E-state index contributed by atoms with van der Waals surface area (Å²) >= 11 is 18.2. The number of aryl methyl sites for hydroxylation is 1. The van der Waals surface area contributed by atoms with Crippen LogP contribution in [0.1, 0.15) is 11.1 Å². The summed E-state index contributed by atoms with van der Waals surface area (Å²) in [5.41, 5.74) is 1.54. The first-order valence-electron chi connectivity index (χ1n) is 6.56. The van der Waals surface area contributed by atoms with Crippen LogP contribution in [0.15, 0.2) is 42.0 Å². The molecule has 2 rings (SSSR count). The average Bonchev–Trinajstić information content (AvgIpc) is 2.51. The van der Waals surface area contributed by atoms with Crippen molar-refractivity contribution >= 4 is 52.5 Å². The molecule has 6 heteroatoms. The molecular weight excluding hydrogens is 355 g/mol.